The largest absolute Gasteiger partial charge is 0.374 e. The number of aromatic nitrogens is 3. The van der Waals surface area contributed by atoms with Crippen molar-refractivity contribution >= 4 is 17.3 Å². The van der Waals surface area contributed by atoms with Crippen LogP contribution in [0.4, 0.5) is 11.4 Å². The van der Waals surface area contributed by atoms with Gasteiger partial charge in [-0.05, 0) is 43.4 Å². The van der Waals surface area contributed by atoms with Gasteiger partial charge in [-0.15, -0.1) is 10.2 Å². The Morgan fingerprint density at radius 1 is 1.07 bits per heavy atom. The van der Waals surface area contributed by atoms with Crippen molar-refractivity contribution < 1.29 is 4.79 Å². The third-order valence-corrected chi connectivity index (χ3v) is 6.02. The van der Waals surface area contributed by atoms with E-state index in [1.54, 1.807) is 0 Å². The Kier molecular flexibility index (Phi) is 4.54. The average Bonchev–Trinajstić information content (AvgIpc) is 3.19. The van der Waals surface area contributed by atoms with Crippen molar-refractivity contribution in [1.29, 1.82) is 0 Å². The molecule has 5 rings (SSSR count). The standard InChI is InChI=1S/C23H25N5O/c1-27-13-5-9-16-11-12-18(15-20(16)27)24-23(29)19-10-6-14-28-21(25-26-22(19)28)17-7-3-2-4-8-17/h2-4,7-8,11-12,15,19H,5-6,9-10,13-14H2,1H3,(H,24,29). The molecule has 6 heteroatoms. The first kappa shape index (κ1) is 17.9. The topological polar surface area (TPSA) is 63.1 Å². The maximum absolute atomic E-state index is 13.1. The maximum atomic E-state index is 13.1. The summed E-state index contributed by atoms with van der Waals surface area (Å²) in [6.07, 6.45) is 4.01. The molecule has 0 radical (unpaired) electrons. The van der Waals surface area contributed by atoms with Crippen LogP contribution in [-0.4, -0.2) is 34.3 Å². The van der Waals surface area contributed by atoms with Crippen LogP contribution in [0.25, 0.3) is 11.4 Å². The summed E-state index contributed by atoms with van der Waals surface area (Å²) in [5.74, 6) is 1.33. The van der Waals surface area contributed by atoms with Gasteiger partial charge < -0.3 is 14.8 Å². The monoisotopic (exact) mass is 387 g/mol. The highest BCUT2D eigenvalue weighted by Crippen LogP contribution is 2.33. The van der Waals surface area contributed by atoms with Crippen molar-refractivity contribution in [1.82, 2.24) is 14.8 Å². The van der Waals surface area contributed by atoms with Crippen LogP contribution in [0.3, 0.4) is 0 Å². The van der Waals surface area contributed by atoms with E-state index in [2.05, 4.69) is 44.2 Å². The molecule has 1 unspecified atom stereocenters. The predicted molar refractivity (Wildman–Crippen MR) is 114 cm³/mol. The van der Waals surface area contributed by atoms with Crippen LogP contribution in [0.15, 0.2) is 48.5 Å². The van der Waals surface area contributed by atoms with E-state index >= 15 is 0 Å². The number of hydrogen-bond acceptors (Lipinski definition) is 4. The summed E-state index contributed by atoms with van der Waals surface area (Å²) in [7, 11) is 2.11. The van der Waals surface area contributed by atoms with Gasteiger partial charge in [0.05, 0.1) is 5.92 Å². The van der Waals surface area contributed by atoms with Gasteiger partial charge in [-0.2, -0.15) is 0 Å². The Hall–Kier alpha value is -3.15. The van der Waals surface area contributed by atoms with Gasteiger partial charge in [0.2, 0.25) is 5.91 Å². The number of rotatable bonds is 3. The van der Waals surface area contributed by atoms with E-state index in [1.165, 1.54) is 17.7 Å². The second-order valence-corrected chi connectivity index (χ2v) is 7.95. The number of anilines is 2. The second-order valence-electron chi connectivity index (χ2n) is 7.95. The number of amides is 1. The molecule has 2 aromatic carbocycles. The van der Waals surface area contributed by atoms with Gasteiger partial charge in [-0.25, -0.2) is 0 Å². The molecule has 29 heavy (non-hydrogen) atoms. The third-order valence-electron chi connectivity index (χ3n) is 6.02. The second kappa shape index (κ2) is 7.35. The minimum absolute atomic E-state index is 0.00336. The highest BCUT2D eigenvalue weighted by molar-refractivity contribution is 5.96. The van der Waals surface area contributed by atoms with E-state index in [4.69, 9.17) is 0 Å². The van der Waals surface area contributed by atoms with Crippen molar-refractivity contribution in [2.45, 2.75) is 38.1 Å². The van der Waals surface area contributed by atoms with Crippen molar-refractivity contribution in [3.05, 3.63) is 59.9 Å². The van der Waals surface area contributed by atoms with Gasteiger partial charge in [-0.1, -0.05) is 36.4 Å². The predicted octanol–water partition coefficient (Wildman–Crippen LogP) is 3.84. The number of aryl methyl sites for hydroxylation is 1. The summed E-state index contributed by atoms with van der Waals surface area (Å²) < 4.78 is 2.10. The molecule has 0 saturated carbocycles. The fourth-order valence-electron chi connectivity index (χ4n) is 4.49. The number of benzene rings is 2. The first-order chi connectivity index (χ1) is 14.2. The number of nitrogens with one attached hydrogen (secondary N) is 1. The lowest BCUT2D eigenvalue weighted by molar-refractivity contribution is -0.118. The fourth-order valence-corrected chi connectivity index (χ4v) is 4.49. The molecule has 1 N–H and O–H groups in total. The lowest BCUT2D eigenvalue weighted by Crippen LogP contribution is -2.28. The van der Waals surface area contributed by atoms with E-state index in [1.807, 2.05) is 36.4 Å². The Labute approximate surface area is 170 Å². The zero-order valence-corrected chi connectivity index (χ0v) is 16.6. The van der Waals surface area contributed by atoms with Crippen molar-refractivity contribution in [2.24, 2.45) is 0 Å². The lowest BCUT2D eigenvalue weighted by atomic mass is 9.97. The Bertz CT molecular complexity index is 1040. The highest BCUT2D eigenvalue weighted by atomic mass is 16.1. The van der Waals surface area contributed by atoms with Crippen LogP contribution in [0, 0.1) is 0 Å². The Balaban J connectivity index is 1.40. The van der Waals surface area contributed by atoms with Crippen LogP contribution in [0.2, 0.25) is 0 Å². The van der Waals surface area contributed by atoms with Gasteiger partial charge in [0, 0.05) is 37.1 Å². The molecule has 2 aliphatic heterocycles. The summed E-state index contributed by atoms with van der Waals surface area (Å²) in [4.78, 5) is 15.4. The van der Waals surface area contributed by atoms with Crippen molar-refractivity contribution in [3.63, 3.8) is 0 Å². The molecule has 1 aromatic heterocycles. The molecule has 2 aliphatic rings. The van der Waals surface area contributed by atoms with E-state index in [0.717, 1.165) is 55.3 Å². The fraction of sp³-hybridized carbons (Fsp3) is 0.348. The lowest BCUT2D eigenvalue weighted by Gasteiger charge is -2.28. The van der Waals surface area contributed by atoms with Gasteiger partial charge >= 0.3 is 0 Å². The first-order valence-electron chi connectivity index (χ1n) is 10.3. The van der Waals surface area contributed by atoms with Gasteiger partial charge in [0.25, 0.3) is 0 Å². The molecule has 3 heterocycles. The number of nitrogens with zero attached hydrogens (tertiary/aromatic N) is 4. The molecule has 1 atom stereocenters. The number of fused-ring (bicyclic) bond motifs is 2. The Morgan fingerprint density at radius 2 is 1.93 bits per heavy atom. The van der Waals surface area contributed by atoms with E-state index in [-0.39, 0.29) is 11.8 Å². The summed E-state index contributed by atoms with van der Waals surface area (Å²) in [6, 6.07) is 16.3. The van der Waals surface area contributed by atoms with Crippen molar-refractivity contribution in [2.75, 3.05) is 23.8 Å². The molecule has 3 aromatic rings. The zero-order chi connectivity index (χ0) is 19.8. The molecule has 0 aliphatic carbocycles. The van der Waals surface area contributed by atoms with Crippen LogP contribution < -0.4 is 10.2 Å². The minimum Gasteiger partial charge on any atom is -0.374 e. The van der Waals surface area contributed by atoms with Crippen LogP contribution >= 0.6 is 0 Å². The molecular formula is C23H25N5O. The quantitative estimate of drug-likeness (QED) is 0.742. The van der Waals surface area contributed by atoms with Gasteiger partial charge in [-0.3, -0.25) is 4.79 Å². The van der Waals surface area contributed by atoms with Crippen molar-refractivity contribution in [3.8, 4) is 11.4 Å². The van der Waals surface area contributed by atoms with Gasteiger partial charge in [0.15, 0.2) is 5.82 Å². The van der Waals surface area contributed by atoms with Crippen LogP contribution in [0.5, 0.6) is 0 Å². The summed E-state index contributed by atoms with van der Waals surface area (Å²) in [5.41, 5.74) is 4.45. The Morgan fingerprint density at radius 3 is 2.79 bits per heavy atom. The first-order valence-corrected chi connectivity index (χ1v) is 10.3. The number of carbonyl (C=O) groups excluding carboxylic acids is 1. The third kappa shape index (κ3) is 3.28. The van der Waals surface area contributed by atoms with E-state index < -0.39 is 0 Å². The smallest absolute Gasteiger partial charge is 0.235 e. The minimum atomic E-state index is -0.275. The maximum Gasteiger partial charge on any atom is 0.235 e. The van der Waals surface area contributed by atoms with Crippen LogP contribution in [0.1, 0.15) is 36.6 Å². The molecule has 0 spiro atoms. The highest BCUT2D eigenvalue weighted by Gasteiger charge is 2.31. The molecule has 6 nitrogen and oxygen atoms in total. The molecule has 0 bridgehead atoms. The van der Waals surface area contributed by atoms with E-state index in [9.17, 15) is 4.79 Å². The normalized spacial score (nSPS) is 18.1. The average molecular weight is 387 g/mol. The molecule has 0 fully saturated rings. The molecule has 148 valence electrons. The molecule has 1 amide bonds. The van der Waals surface area contributed by atoms with Gasteiger partial charge in [0.1, 0.15) is 5.82 Å². The van der Waals surface area contributed by atoms with E-state index in [0.29, 0.717) is 0 Å². The SMILES string of the molecule is CN1CCCc2ccc(NC(=O)C3CCCn4c(-c5ccccc5)nnc43)cc21. The number of hydrogen-bond donors (Lipinski definition) is 1. The summed E-state index contributed by atoms with van der Waals surface area (Å²) in [5, 5.41) is 11.9. The molecule has 0 saturated heterocycles. The summed E-state index contributed by atoms with van der Waals surface area (Å²) in [6.45, 7) is 1.90. The van der Waals surface area contributed by atoms with Crippen LogP contribution in [-0.2, 0) is 17.8 Å². The summed E-state index contributed by atoms with van der Waals surface area (Å²) >= 11 is 0. The number of carbonyl (C=O) groups is 1. The zero-order valence-electron chi connectivity index (χ0n) is 16.6. The molecular weight excluding hydrogens is 362 g/mol.